The second-order valence-electron chi connectivity index (χ2n) is 7.32. The largest absolute Gasteiger partial charge is 1.00 e. The fourth-order valence-electron chi connectivity index (χ4n) is 3.37. The molecule has 1 aliphatic rings. The lowest BCUT2D eigenvalue weighted by molar-refractivity contribution is -0.268. The molecular weight excluding hydrogens is 448 g/mol. The van der Waals surface area contributed by atoms with E-state index in [1.807, 2.05) is 0 Å². The van der Waals surface area contributed by atoms with Crippen molar-refractivity contribution in [2.24, 2.45) is 0 Å². The van der Waals surface area contributed by atoms with Crippen molar-refractivity contribution in [2.45, 2.75) is 37.6 Å². The Bertz CT molecular complexity index is 1140. The maximum absolute atomic E-state index is 10.3. The summed E-state index contributed by atoms with van der Waals surface area (Å²) in [6.07, 6.45) is -6.71. The highest BCUT2D eigenvalue weighted by Gasteiger charge is 2.44. The third kappa shape index (κ3) is 4.18. The number of halogens is 1. The Morgan fingerprint density at radius 2 is 1.56 bits per heavy atom. The molecule has 1 unspecified atom stereocenters. The van der Waals surface area contributed by atoms with Crippen LogP contribution in [0.3, 0.4) is 0 Å². The van der Waals surface area contributed by atoms with Crippen molar-refractivity contribution in [3.63, 3.8) is 0 Å². The van der Waals surface area contributed by atoms with Crippen LogP contribution in [0.1, 0.15) is 6.92 Å². The quantitative estimate of drug-likeness (QED) is 0.175. The van der Waals surface area contributed by atoms with Gasteiger partial charge in [0.05, 0.1) is 17.7 Å². The van der Waals surface area contributed by atoms with Crippen molar-refractivity contribution < 1.29 is 62.0 Å². The molecule has 0 aliphatic carbocycles. The number of benzene rings is 2. The summed E-state index contributed by atoms with van der Waals surface area (Å²) < 4.78 is 17.0. The third-order valence-corrected chi connectivity index (χ3v) is 5.11. The topological polar surface area (TPSA) is 171 Å². The predicted molar refractivity (Wildman–Crippen MR) is 106 cm³/mol. The van der Waals surface area contributed by atoms with Crippen LogP contribution in [0.2, 0.25) is 0 Å². The molecule has 5 atom stereocenters. The van der Waals surface area contributed by atoms with Gasteiger partial charge in [-0.25, -0.2) is 4.42 Å². The zero-order valence-electron chi connectivity index (χ0n) is 16.6. The molecule has 1 fully saturated rings. The summed E-state index contributed by atoms with van der Waals surface area (Å²) in [7, 11) is 0. The number of phenolic OH excluding ortho intramolecular Hbond substituents is 4. The fraction of sp³-hybridized carbons (Fsp3) is 0.286. The van der Waals surface area contributed by atoms with E-state index in [0.29, 0.717) is 0 Å². The second-order valence-corrected chi connectivity index (χ2v) is 7.32. The molecule has 0 spiro atoms. The number of hydrogen-bond donors (Lipinski definition) is 7. The van der Waals surface area contributed by atoms with Gasteiger partial charge in [-0.2, -0.15) is 0 Å². The molecule has 10 nitrogen and oxygen atoms in total. The summed E-state index contributed by atoms with van der Waals surface area (Å²) in [6.45, 7) is 1.49. The summed E-state index contributed by atoms with van der Waals surface area (Å²) >= 11 is 0. The molecule has 0 amide bonds. The lowest BCUT2D eigenvalue weighted by Gasteiger charge is -2.38. The molecule has 172 valence electrons. The van der Waals surface area contributed by atoms with Crippen LogP contribution in [0.25, 0.3) is 22.3 Å². The van der Waals surface area contributed by atoms with Crippen LogP contribution in [0, 0.1) is 0 Å². The molecule has 0 radical (unpaired) electrons. The van der Waals surface area contributed by atoms with Gasteiger partial charge in [0.1, 0.15) is 35.2 Å². The molecule has 0 bridgehead atoms. The predicted octanol–water partition coefficient (Wildman–Crippen LogP) is -1.59. The van der Waals surface area contributed by atoms with Crippen LogP contribution >= 0.6 is 0 Å². The monoisotopic (exact) mass is 468 g/mol. The van der Waals surface area contributed by atoms with E-state index < -0.39 is 36.5 Å². The van der Waals surface area contributed by atoms with Crippen molar-refractivity contribution in [2.75, 3.05) is 0 Å². The van der Waals surface area contributed by atoms with Crippen molar-refractivity contribution >= 4 is 11.0 Å². The highest BCUT2D eigenvalue weighted by atomic mass is 35.5. The summed E-state index contributed by atoms with van der Waals surface area (Å²) in [5.41, 5.74) is 0.343. The lowest BCUT2D eigenvalue weighted by atomic mass is 10.00. The van der Waals surface area contributed by atoms with E-state index >= 15 is 0 Å². The smallest absolute Gasteiger partial charge is 0.402 e. The van der Waals surface area contributed by atoms with Gasteiger partial charge >= 0.3 is 11.3 Å². The Morgan fingerprint density at radius 3 is 2.25 bits per heavy atom. The zero-order chi connectivity index (χ0) is 22.4. The normalized spacial score (nSPS) is 25.3. The van der Waals surface area contributed by atoms with Crippen molar-refractivity contribution in [3.05, 3.63) is 36.4 Å². The number of aliphatic hydroxyl groups is 3. The molecule has 11 heteroatoms. The van der Waals surface area contributed by atoms with E-state index in [4.69, 9.17) is 13.9 Å². The van der Waals surface area contributed by atoms with E-state index in [0.717, 1.165) is 6.07 Å². The number of fused-ring (bicyclic) bond motifs is 1. The number of aromatic hydroxyl groups is 4. The molecule has 0 saturated carbocycles. The Hall–Kier alpha value is -3.02. The van der Waals surface area contributed by atoms with Gasteiger partial charge in [0, 0.05) is 18.2 Å². The maximum atomic E-state index is 10.3. The van der Waals surface area contributed by atoms with Gasteiger partial charge in [-0.1, -0.05) is 0 Å². The van der Waals surface area contributed by atoms with E-state index in [2.05, 4.69) is 0 Å². The van der Waals surface area contributed by atoms with Gasteiger partial charge in [0.25, 0.3) is 0 Å². The number of rotatable bonds is 3. The summed E-state index contributed by atoms with van der Waals surface area (Å²) in [5, 5.41) is 69.8. The van der Waals surface area contributed by atoms with E-state index in [9.17, 15) is 35.7 Å². The Balaban J connectivity index is 0.00000289. The molecule has 3 aromatic rings. The Labute approximate surface area is 187 Å². The molecule has 7 N–H and O–H groups in total. The first-order valence-corrected chi connectivity index (χ1v) is 9.37. The van der Waals surface area contributed by atoms with Gasteiger partial charge < -0.3 is 57.6 Å². The zero-order valence-corrected chi connectivity index (χ0v) is 17.3. The highest BCUT2D eigenvalue weighted by Crippen LogP contribution is 2.42. The second kappa shape index (κ2) is 8.85. The Kier molecular flexibility index (Phi) is 6.54. The Morgan fingerprint density at radius 1 is 0.844 bits per heavy atom. The number of aliphatic hydroxyl groups excluding tert-OH is 3. The summed E-state index contributed by atoms with van der Waals surface area (Å²) in [6, 6.07) is 7.58. The van der Waals surface area contributed by atoms with E-state index in [1.54, 1.807) is 0 Å². The minimum Gasteiger partial charge on any atom is -1.00 e. The molecule has 4 rings (SSSR count). The van der Waals surface area contributed by atoms with Crippen LogP contribution < -0.4 is 17.1 Å². The standard InChI is InChI=1S/C21H20O10.ClH/c1-8-17(26)18(27)19(28)21(29-8)31-16-7-11-13(24)5-10(22)6-15(11)30-20(16)9-2-3-12(23)14(25)4-9;/h2-8,17-19,21,26-28H,1H3,(H3-,22,23,24,25);1H/t8-,17-,18+,19+,21?;/m1./s1. The first-order chi connectivity index (χ1) is 14.7. The van der Waals surface area contributed by atoms with Crippen LogP contribution in [0.15, 0.2) is 40.8 Å². The average molecular weight is 469 g/mol. The molecule has 1 saturated heterocycles. The van der Waals surface area contributed by atoms with Crippen molar-refractivity contribution in [1.29, 1.82) is 0 Å². The maximum Gasteiger partial charge on any atom is 0.402 e. The van der Waals surface area contributed by atoms with E-state index in [1.165, 1.54) is 37.3 Å². The molecule has 2 aromatic carbocycles. The first-order valence-electron chi connectivity index (χ1n) is 9.37. The van der Waals surface area contributed by atoms with Crippen molar-refractivity contribution in [1.82, 2.24) is 0 Å². The van der Waals surface area contributed by atoms with E-state index in [-0.39, 0.29) is 57.7 Å². The molecular formula is C21H21ClO10. The number of hydrogen-bond acceptors (Lipinski definition) is 9. The van der Waals surface area contributed by atoms with Crippen molar-refractivity contribution in [3.8, 4) is 40.1 Å². The summed E-state index contributed by atoms with van der Waals surface area (Å²) in [5.74, 6) is -1.38. The molecule has 1 aliphatic heterocycles. The third-order valence-electron chi connectivity index (χ3n) is 5.11. The van der Waals surface area contributed by atoms with Crippen LogP contribution in [-0.4, -0.2) is 66.5 Å². The molecule has 2 heterocycles. The SMILES string of the molecule is C[C@H]1OC(Oc2cc3c(O)cc(O)cc3[o+]c2-c2ccc(O)c(O)c2)[C@@H](O)[C@@H](O)[C@@H]1O.[Cl-]. The van der Waals surface area contributed by atoms with Crippen LogP contribution in [-0.2, 0) is 4.74 Å². The van der Waals surface area contributed by atoms with Gasteiger partial charge in [-0.3, -0.25) is 0 Å². The highest BCUT2D eigenvalue weighted by molar-refractivity contribution is 5.88. The van der Waals surface area contributed by atoms with Gasteiger partial charge in [0.15, 0.2) is 11.5 Å². The van der Waals surface area contributed by atoms with Gasteiger partial charge in [-0.15, -0.1) is 0 Å². The summed E-state index contributed by atoms with van der Waals surface area (Å²) in [4.78, 5) is 0. The minimum atomic E-state index is -1.60. The first kappa shape index (κ1) is 23.6. The van der Waals surface area contributed by atoms with Crippen LogP contribution in [0.5, 0.6) is 28.7 Å². The minimum absolute atomic E-state index is 0. The van der Waals surface area contributed by atoms with Crippen LogP contribution in [0.4, 0.5) is 0 Å². The molecule has 1 aromatic heterocycles. The average Bonchev–Trinajstić information content (AvgIpc) is 2.72. The fourth-order valence-corrected chi connectivity index (χ4v) is 3.37. The van der Waals surface area contributed by atoms with Gasteiger partial charge in [-0.05, 0) is 19.1 Å². The lowest BCUT2D eigenvalue weighted by Crippen LogP contribution is -3.00. The van der Waals surface area contributed by atoms with Gasteiger partial charge in [0.2, 0.25) is 12.0 Å². The number of ether oxygens (including phenoxy) is 2. The number of phenols is 4. The molecule has 32 heavy (non-hydrogen) atoms.